The maximum atomic E-state index is 13.1. The molecular weight excluding hydrogens is 484 g/mol. The van der Waals surface area contributed by atoms with E-state index in [0.717, 1.165) is 6.26 Å². The van der Waals surface area contributed by atoms with Crippen LogP contribution < -0.4 is 14.9 Å². The molecule has 0 aromatic heterocycles. The summed E-state index contributed by atoms with van der Waals surface area (Å²) in [6, 6.07) is 15.7. The Morgan fingerprint density at radius 1 is 1.08 bits per heavy atom. The highest BCUT2D eigenvalue weighted by Gasteiger charge is 2.43. The van der Waals surface area contributed by atoms with Gasteiger partial charge in [0.05, 0.1) is 49.3 Å². The first-order valence-electron chi connectivity index (χ1n) is 10.9. The Morgan fingerprint density at radius 2 is 1.75 bits per heavy atom. The molecule has 2 aliphatic rings. The van der Waals surface area contributed by atoms with Crippen LogP contribution in [0.2, 0.25) is 0 Å². The number of anilines is 2. The lowest BCUT2D eigenvalue weighted by atomic mass is 9.81. The van der Waals surface area contributed by atoms with Crippen molar-refractivity contribution in [2.75, 3.05) is 36.2 Å². The van der Waals surface area contributed by atoms with E-state index < -0.39 is 27.9 Å². The Balaban J connectivity index is 1.99. The van der Waals surface area contributed by atoms with Gasteiger partial charge in [0.2, 0.25) is 10.0 Å². The lowest BCUT2D eigenvalue weighted by Gasteiger charge is -2.36. The molecule has 0 bridgehead atoms. The van der Waals surface area contributed by atoms with Crippen molar-refractivity contribution in [3.63, 3.8) is 0 Å². The summed E-state index contributed by atoms with van der Waals surface area (Å²) in [4.78, 5) is 27.5. The fourth-order valence-corrected chi connectivity index (χ4v) is 5.58. The smallest absolute Gasteiger partial charge is 0.355 e. The van der Waals surface area contributed by atoms with E-state index in [4.69, 9.17) is 15.2 Å². The summed E-state index contributed by atoms with van der Waals surface area (Å²) in [5, 5.41) is 10.1. The number of hydrogen-bond acceptors (Lipinski definition) is 9. The first-order valence-corrected chi connectivity index (χ1v) is 12.7. The summed E-state index contributed by atoms with van der Waals surface area (Å²) in [5.74, 6) is -2.70. The van der Waals surface area contributed by atoms with Gasteiger partial charge in [0, 0.05) is 12.2 Å². The van der Waals surface area contributed by atoms with E-state index in [1.54, 1.807) is 48.5 Å². The molecule has 0 fully saturated rings. The Morgan fingerprint density at radius 3 is 2.33 bits per heavy atom. The third-order valence-electron chi connectivity index (χ3n) is 6.18. The van der Waals surface area contributed by atoms with Gasteiger partial charge in [0.25, 0.3) is 0 Å². The van der Waals surface area contributed by atoms with Gasteiger partial charge >= 0.3 is 11.9 Å². The number of ether oxygens (including phenoxy) is 2. The van der Waals surface area contributed by atoms with Gasteiger partial charge in [-0.2, -0.15) is 5.26 Å². The molecule has 10 nitrogen and oxygen atoms in total. The molecule has 0 amide bonds. The number of nitriles is 1. The van der Waals surface area contributed by atoms with E-state index in [1.807, 2.05) is 0 Å². The number of nitrogens with zero attached hydrogens (tertiary/aromatic N) is 3. The average molecular weight is 509 g/mol. The van der Waals surface area contributed by atoms with Crippen molar-refractivity contribution in [1.29, 1.82) is 5.26 Å². The number of fused-ring (bicyclic) bond motifs is 1. The molecule has 0 saturated carbocycles. The van der Waals surface area contributed by atoms with Crippen molar-refractivity contribution in [2.24, 2.45) is 5.73 Å². The van der Waals surface area contributed by atoms with E-state index in [1.165, 1.54) is 23.4 Å². The molecule has 2 aromatic rings. The summed E-state index contributed by atoms with van der Waals surface area (Å²) in [5.41, 5.74) is 8.42. The molecule has 4 rings (SSSR count). The number of sulfonamides is 1. The minimum absolute atomic E-state index is 0.0486. The fraction of sp³-hybridized carbons (Fsp3) is 0.240. The maximum absolute atomic E-state index is 13.1. The molecule has 1 unspecified atom stereocenters. The van der Waals surface area contributed by atoms with Crippen LogP contribution in [0.25, 0.3) is 0 Å². The molecule has 0 spiro atoms. The van der Waals surface area contributed by atoms with Crippen molar-refractivity contribution < 1.29 is 27.5 Å². The van der Waals surface area contributed by atoms with Crippen LogP contribution in [-0.4, -0.2) is 47.4 Å². The van der Waals surface area contributed by atoms with Crippen LogP contribution >= 0.6 is 0 Å². The number of methoxy groups -OCH3 is 2. The number of allylic oxidation sites excluding steroid dienone is 1. The van der Waals surface area contributed by atoms with E-state index in [2.05, 4.69) is 6.07 Å². The molecule has 11 heteroatoms. The summed E-state index contributed by atoms with van der Waals surface area (Å²) in [6.07, 6.45) is 1.57. The van der Waals surface area contributed by atoms with Crippen LogP contribution in [0.3, 0.4) is 0 Å². The SMILES string of the molecule is COC(=O)C1=C(C(=O)OC)N(c2ccc3c(c2)CCN3S(C)(=O)=O)C(N)=C(C#N)C1c1ccccc1. The zero-order valence-electron chi connectivity index (χ0n) is 19.9. The van der Waals surface area contributed by atoms with Crippen molar-refractivity contribution in [2.45, 2.75) is 12.3 Å². The molecular formula is C25H24N4O6S. The van der Waals surface area contributed by atoms with Gasteiger partial charge in [-0.1, -0.05) is 30.3 Å². The minimum Gasteiger partial charge on any atom is -0.466 e. The normalized spacial score (nSPS) is 17.6. The summed E-state index contributed by atoms with van der Waals surface area (Å²) in [7, 11) is -1.12. The first kappa shape index (κ1) is 24.8. The maximum Gasteiger partial charge on any atom is 0.355 e. The number of hydrogen-bond donors (Lipinski definition) is 1. The quantitative estimate of drug-likeness (QED) is 0.599. The van der Waals surface area contributed by atoms with Gasteiger partial charge in [-0.25, -0.2) is 18.0 Å². The van der Waals surface area contributed by atoms with Crippen LogP contribution in [0.15, 0.2) is 71.2 Å². The first-order chi connectivity index (χ1) is 17.1. The van der Waals surface area contributed by atoms with Crippen molar-refractivity contribution in [3.8, 4) is 6.07 Å². The molecule has 0 radical (unpaired) electrons. The summed E-state index contributed by atoms with van der Waals surface area (Å²) in [6.45, 7) is 0.273. The molecule has 0 aliphatic carbocycles. The Bertz CT molecular complexity index is 1460. The monoisotopic (exact) mass is 508 g/mol. The van der Waals surface area contributed by atoms with E-state index >= 15 is 0 Å². The van der Waals surface area contributed by atoms with Crippen molar-refractivity contribution in [1.82, 2.24) is 0 Å². The van der Waals surface area contributed by atoms with Crippen LogP contribution in [-0.2, 0) is 35.5 Å². The van der Waals surface area contributed by atoms with Crippen LogP contribution in [0, 0.1) is 11.3 Å². The zero-order valence-corrected chi connectivity index (χ0v) is 20.7. The largest absolute Gasteiger partial charge is 0.466 e. The van der Waals surface area contributed by atoms with Crippen molar-refractivity contribution in [3.05, 3.63) is 82.3 Å². The van der Waals surface area contributed by atoms with Gasteiger partial charge in [-0.05, 0) is 35.7 Å². The molecule has 2 aliphatic heterocycles. The van der Waals surface area contributed by atoms with Gasteiger partial charge in [-0.15, -0.1) is 0 Å². The number of carbonyl (C=O) groups excluding carboxylic acids is 2. The van der Waals surface area contributed by atoms with E-state index in [9.17, 15) is 23.3 Å². The highest BCUT2D eigenvalue weighted by Crippen LogP contribution is 2.44. The standard InChI is InChI=1S/C25H24N4O6S/c1-34-24(30)21-20(15-7-5-4-6-8-15)18(14-26)23(27)29(22(21)25(31)35-2)17-9-10-19-16(13-17)11-12-28(19)36(3,32)33/h4-10,13,20H,11-12,27H2,1-3H3. The lowest BCUT2D eigenvalue weighted by molar-refractivity contribution is -0.139. The molecule has 2 heterocycles. The second-order valence-electron chi connectivity index (χ2n) is 8.23. The Kier molecular flexibility index (Phi) is 6.47. The topological polar surface area (TPSA) is 143 Å². The average Bonchev–Trinajstić information content (AvgIpc) is 3.31. The predicted octanol–water partition coefficient (Wildman–Crippen LogP) is 1.91. The number of esters is 2. The van der Waals surface area contributed by atoms with Crippen molar-refractivity contribution >= 4 is 33.3 Å². The lowest BCUT2D eigenvalue weighted by Crippen LogP contribution is -2.40. The minimum atomic E-state index is -3.47. The number of rotatable bonds is 5. The molecule has 186 valence electrons. The highest BCUT2D eigenvalue weighted by molar-refractivity contribution is 7.92. The second-order valence-corrected chi connectivity index (χ2v) is 10.1. The third kappa shape index (κ3) is 4.05. The predicted molar refractivity (Wildman–Crippen MR) is 132 cm³/mol. The van der Waals surface area contributed by atoms with Gasteiger partial charge in [0.15, 0.2) is 0 Å². The Labute approximate surface area is 208 Å². The number of carbonyl (C=O) groups is 2. The fourth-order valence-electron chi connectivity index (χ4n) is 4.62. The van der Waals surface area contributed by atoms with Crippen LogP contribution in [0.1, 0.15) is 17.0 Å². The van der Waals surface area contributed by atoms with E-state index in [0.29, 0.717) is 28.9 Å². The van der Waals surface area contributed by atoms with Gasteiger partial charge in [0.1, 0.15) is 11.5 Å². The van der Waals surface area contributed by atoms with E-state index in [-0.39, 0.29) is 29.2 Å². The van der Waals surface area contributed by atoms with Gasteiger partial charge in [-0.3, -0.25) is 9.21 Å². The number of nitrogens with two attached hydrogens (primary N) is 1. The molecule has 36 heavy (non-hydrogen) atoms. The molecule has 2 N–H and O–H groups in total. The summed E-state index contributed by atoms with van der Waals surface area (Å²) >= 11 is 0. The summed E-state index contributed by atoms with van der Waals surface area (Å²) < 4.78 is 35.7. The molecule has 0 saturated heterocycles. The third-order valence-corrected chi connectivity index (χ3v) is 7.36. The highest BCUT2D eigenvalue weighted by atomic mass is 32.2. The second kappa shape index (κ2) is 9.39. The van der Waals surface area contributed by atoms with Gasteiger partial charge < -0.3 is 15.2 Å². The molecule has 2 aromatic carbocycles. The molecule has 1 atom stereocenters. The number of benzene rings is 2. The van der Waals surface area contributed by atoms with Crippen LogP contribution in [0.4, 0.5) is 11.4 Å². The Hall–Kier alpha value is -4.30. The zero-order chi connectivity index (χ0) is 26.2. The van der Waals surface area contributed by atoms with Crippen LogP contribution in [0.5, 0.6) is 0 Å².